The second-order valence-corrected chi connectivity index (χ2v) is 10.4. The summed E-state index contributed by atoms with van der Waals surface area (Å²) in [6.45, 7) is 2.65. The molecule has 0 heterocycles. The number of hydrogen-bond donors (Lipinski definition) is 4. The van der Waals surface area contributed by atoms with E-state index in [2.05, 4.69) is 4.84 Å². The number of carbonyl (C=O) groups excluding carboxylic acids is 2. The van der Waals surface area contributed by atoms with Gasteiger partial charge in [-0.3, -0.25) is 14.5 Å². The number of allylic oxidation sites excluding steroid dienone is 2. The standard InChI is InChI=1S/C31H48N2O6/c1-2-33(31(38)17-11-6-12-22-39-32)30(37)16-10-4-3-9-15-26-27(29(36)23-28(26)35)21-20-25(34)19-18-24-13-7-5-8-14-24/h3,5,7-9,13-14,20-21,25-29,34-36H,2,4,6,10-12,15-19,22-23,32H2,1H3/b9-3-,21-20+/t25-,26+,27+,28-,29+/m0/s1. The van der Waals surface area contributed by atoms with Gasteiger partial charge < -0.3 is 20.2 Å². The molecule has 0 aliphatic heterocycles. The maximum absolute atomic E-state index is 12.5. The van der Waals surface area contributed by atoms with Crippen LogP contribution in [-0.4, -0.2) is 63.5 Å². The highest BCUT2D eigenvalue weighted by atomic mass is 16.6. The minimum absolute atomic E-state index is 0.125. The van der Waals surface area contributed by atoms with Gasteiger partial charge in [0.25, 0.3) is 0 Å². The third kappa shape index (κ3) is 12.1. The summed E-state index contributed by atoms with van der Waals surface area (Å²) >= 11 is 0. The molecule has 1 aromatic rings. The summed E-state index contributed by atoms with van der Waals surface area (Å²) in [5.41, 5.74) is 1.17. The molecule has 0 aromatic heterocycles. The summed E-state index contributed by atoms with van der Waals surface area (Å²) in [5, 5.41) is 31.3. The average molecular weight is 545 g/mol. The van der Waals surface area contributed by atoms with Crippen LogP contribution in [0.25, 0.3) is 0 Å². The van der Waals surface area contributed by atoms with E-state index in [0.29, 0.717) is 64.5 Å². The molecule has 0 bridgehead atoms. The Morgan fingerprint density at radius 2 is 1.77 bits per heavy atom. The SMILES string of the molecule is CCN(C(=O)CCC/C=C\C[C@@H]1[C@@H](/C=C/[C@@H](O)CCc2ccccc2)[C@H](O)C[C@@H]1O)C(=O)CCCCCON. The molecule has 8 nitrogen and oxygen atoms in total. The third-order valence-electron chi connectivity index (χ3n) is 7.45. The lowest BCUT2D eigenvalue weighted by Crippen LogP contribution is -2.36. The second-order valence-electron chi connectivity index (χ2n) is 10.4. The number of imide groups is 1. The molecule has 0 spiro atoms. The van der Waals surface area contributed by atoms with E-state index in [9.17, 15) is 24.9 Å². The summed E-state index contributed by atoms with van der Waals surface area (Å²) < 4.78 is 0. The van der Waals surface area contributed by atoms with Crippen LogP contribution >= 0.6 is 0 Å². The molecule has 5 N–H and O–H groups in total. The normalized spacial score (nSPS) is 22.1. The van der Waals surface area contributed by atoms with Crippen molar-refractivity contribution < 1.29 is 29.7 Å². The molecular formula is C31H48N2O6. The molecule has 39 heavy (non-hydrogen) atoms. The quantitative estimate of drug-likeness (QED) is 0.125. The van der Waals surface area contributed by atoms with Crippen LogP contribution in [-0.2, 0) is 20.8 Å². The maximum Gasteiger partial charge on any atom is 0.229 e. The summed E-state index contributed by atoms with van der Waals surface area (Å²) in [7, 11) is 0. The summed E-state index contributed by atoms with van der Waals surface area (Å²) in [6, 6.07) is 10.0. The third-order valence-corrected chi connectivity index (χ3v) is 7.45. The van der Waals surface area contributed by atoms with Gasteiger partial charge in [0, 0.05) is 31.7 Å². The Bertz CT molecular complexity index is 890. The molecule has 0 saturated heterocycles. The summed E-state index contributed by atoms with van der Waals surface area (Å²) in [4.78, 5) is 30.8. The number of unbranched alkanes of at least 4 members (excludes halogenated alkanes) is 3. The molecule has 5 atom stereocenters. The molecule has 0 radical (unpaired) electrons. The second kappa shape index (κ2) is 18.8. The van der Waals surface area contributed by atoms with Crippen LogP contribution in [0.2, 0.25) is 0 Å². The van der Waals surface area contributed by atoms with Gasteiger partial charge in [-0.1, -0.05) is 61.1 Å². The van der Waals surface area contributed by atoms with Crippen molar-refractivity contribution in [2.24, 2.45) is 17.7 Å². The summed E-state index contributed by atoms with van der Waals surface area (Å²) in [5.74, 6) is 4.37. The van der Waals surface area contributed by atoms with Crippen LogP contribution in [0.1, 0.15) is 76.7 Å². The topological polar surface area (TPSA) is 133 Å². The molecule has 218 valence electrons. The highest BCUT2D eigenvalue weighted by molar-refractivity contribution is 5.95. The minimum Gasteiger partial charge on any atom is -0.393 e. The molecule has 1 aliphatic rings. The Kier molecular flexibility index (Phi) is 15.9. The molecule has 1 fully saturated rings. The van der Waals surface area contributed by atoms with E-state index in [1.54, 1.807) is 6.08 Å². The highest BCUT2D eigenvalue weighted by Crippen LogP contribution is 2.36. The fraction of sp³-hybridized carbons (Fsp3) is 0.613. The van der Waals surface area contributed by atoms with Crippen molar-refractivity contribution >= 4 is 11.8 Å². The molecular weight excluding hydrogens is 496 g/mol. The lowest BCUT2D eigenvalue weighted by Gasteiger charge is -2.20. The molecule has 0 unspecified atom stereocenters. The number of aryl methyl sites for hydroxylation is 1. The van der Waals surface area contributed by atoms with Gasteiger partial charge in [-0.15, -0.1) is 0 Å². The van der Waals surface area contributed by atoms with Crippen molar-refractivity contribution in [3.63, 3.8) is 0 Å². The van der Waals surface area contributed by atoms with E-state index in [4.69, 9.17) is 5.90 Å². The number of hydrogen-bond acceptors (Lipinski definition) is 7. The number of carbonyl (C=O) groups is 2. The predicted molar refractivity (Wildman–Crippen MR) is 152 cm³/mol. The van der Waals surface area contributed by atoms with Gasteiger partial charge in [-0.25, -0.2) is 5.90 Å². The van der Waals surface area contributed by atoms with Crippen molar-refractivity contribution in [2.75, 3.05) is 13.2 Å². The smallest absolute Gasteiger partial charge is 0.229 e. The van der Waals surface area contributed by atoms with Crippen molar-refractivity contribution in [1.29, 1.82) is 0 Å². The highest BCUT2D eigenvalue weighted by Gasteiger charge is 2.39. The number of amides is 2. The largest absolute Gasteiger partial charge is 0.393 e. The van der Waals surface area contributed by atoms with Crippen molar-refractivity contribution in [1.82, 2.24) is 4.90 Å². The first-order valence-corrected chi connectivity index (χ1v) is 14.4. The molecule has 1 aromatic carbocycles. The van der Waals surface area contributed by atoms with E-state index >= 15 is 0 Å². The van der Waals surface area contributed by atoms with E-state index < -0.39 is 18.3 Å². The Hall–Kier alpha value is -2.36. The van der Waals surface area contributed by atoms with Crippen LogP contribution in [0.5, 0.6) is 0 Å². The average Bonchev–Trinajstić information content (AvgIpc) is 3.20. The lowest BCUT2D eigenvalue weighted by atomic mass is 9.89. The van der Waals surface area contributed by atoms with E-state index in [1.807, 2.05) is 55.5 Å². The molecule has 1 saturated carbocycles. The fourth-order valence-electron chi connectivity index (χ4n) is 5.16. The van der Waals surface area contributed by atoms with E-state index in [0.717, 1.165) is 19.3 Å². The number of nitrogens with two attached hydrogens (primary N) is 1. The maximum atomic E-state index is 12.5. The fourth-order valence-corrected chi connectivity index (χ4v) is 5.16. The van der Waals surface area contributed by atoms with Crippen molar-refractivity contribution in [2.45, 2.75) is 95.9 Å². The van der Waals surface area contributed by atoms with Gasteiger partial charge in [0.1, 0.15) is 0 Å². The first-order valence-electron chi connectivity index (χ1n) is 14.4. The van der Waals surface area contributed by atoms with Gasteiger partial charge >= 0.3 is 0 Å². The minimum atomic E-state index is -0.639. The van der Waals surface area contributed by atoms with Gasteiger partial charge in [0.2, 0.25) is 11.8 Å². The van der Waals surface area contributed by atoms with Gasteiger partial charge in [0.15, 0.2) is 0 Å². The predicted octanol–water partition coefficient (Wildman–Crippen LogP) is 3.84. The Labute approximate surface area is 233 Å². The lowest BCUT2D eigenvalue weighted by molar-refractivity contribution is -0.144. The van der Waals surface area contributed by atoms with Gasteiger partial charge in [0.05, 0.1) is 24.9 Å². The zero-order valence-electron chi connectivity index (χ0n) is 23.4. The molecule has 2 amide bonds. The number of aliphatic hydroxyl groups is 3. The van der Waals surface area contributed by atoms with Gasteiger partial charge in [-0.05, 0) is 63.4 Å². The molecule has 8 heteroatoms. The number of benzene rings is 1. The van der Waals surface area contributed by atoms with Gasteiger partial charge in [-0.2, -0.15) is 0 Å². The van der Waals surface area contributed by atoms with Crippen LogP contribution in [0, 0.1) is 11.8 Å². The Morgan fingerprint density at radius 1 is 1.05 bits per heavy atom. The Morgan fingerprint density at radius 3 is 2.46 bits per heavy atom. The zero-order chi connectivity index (χ0) is 28.5. The first-order chi connectivity index (χ1) is 18.9. The molecule has 2 rings (SSSR count). The number of nitrogens with zero attached hydrogens (tertiary/aromatic N) is 1. The molecule has 1 aliphatic carbocycles. The van der Waals surface area contributed by atoms with Crippen LogP contribution in [0.4, 0.5) is 0 Å². The van der Waals surface area contributed by atoms with E-state index in [1.165, 1.54) is 10.5 Å². The van der Waals surface area contributed by atoms with Crippen molar-refractivity contribution in [3.8, 4) is 0 Å². The van der Waals surface area contributed by atoms with E-state index in [-0.39, 0.29) is 23.7 Å². The Balaban J connectivity index is 1.72. The first kappa shape index (κ1) is 32.8. The zero-order valence-corrected chi connectivity index (χ0v) is 23.4. The number of rotatable bonds is 18. The van der Waals surface area contributed by atoms with Crippen LogP contribution in [0.15, 0.2) is 54.6 Å². The number of aliphatic hydroxyl groups excluding tert-OH is 3. The van der Waals surface area contributed by atoms with Crippen LogP contribution in [0.3, 0.4) is 0 Å². The van der Waals surface area contributed by atoms with Crippen molar-refractivity contribution in [3.05, 3.63) is 60.2 Å². The monoisotopic (exact) mass is 544 g/mol. The van der Waals surface area contributed by atoms with Crippen LogP contribution < -0.4 is 5.90 Å². The summed E-state index contributed by atoms with van der Waals surface area (Å²) in [6.07, 6.45) is 12.4.